The summed E-state index contributed by atoms with van der Waals surface area (Å²) >= 11 is 7.44. The second-order valence-electron chi connectivity index (χ2n) is 5.11. The molecule has 0 heterocycles. The average molecular weight is 399 g/mol. The van der Waals surface area contributed by atoms with Gasteiger partial charge in [0.1, 0.15) is 0 Å². The van der Waals surface area contributed by atoms with Crippen molar-refractivity contribution in [3.05, 3.63) is 87.2 Å². The molecule has 0 unspecified atom stereocenters. The number of halogens is 2. The van der Waals surface area contributed by atoms with E-state index in [0.29, 0.717) is 0 Å². The first kappa shape index (κ1) is 13.3. The summed E-state index contributed by atoms with van der Waals surface area (Å²) in [6.07, 6.45) is 2.28. The minimum atomic E-state index is 1.09. The molecule has 0 nitrogen and oxygen atoms in total. The maximum absolute atomic E-state index is 3.75. The molecule has 2 heteroatoms. The van der Waals surface area contributed by atoms with Gasteiger partial charge < -0.3 is 0 Å². The lowest BCUT2D eigenvalue weighted by atomic mass is 9.96. The van der Waals surface area contributed by atoms with E-state index in [1.54, 1.807) is 0 Å². The summed E-state index contributed by atoms with van der Waals surface area (Å²) in [7, 11) is 0. The van der Waals surface area contributed by atoms with E-state index in [1.165, 1.54) is 33.4 Å². The van der Waals surface area contributed by atoms with Crippen molar-refractivity contribution in [1.82, 2.24) is 0 Å². The fourth-order valence-corrected chi connectivity index (χ4v) is 3.91. The van der Waals surface area contributed by atoms with Crippen LogP contribution in [0.1, 0.15) is 11.1 Å². The van der Waals surface area contributed by atoms with Gasteiger partial charge in [-0.2, -0.15) is 0 Å². The lowest BCUT2D eigenvalue weighted by molar-refractivity contribution is 1.48. The molecule has 1 aliphatic rings. The Hall–Kier alpha value is -1.38. The second kappa shape index (κ2) is 5.11. The van der Waals surface area contributed by atoms with Crippen molar-refractivity contribution in [2.75, 3.05) is 0 Å². The lowest BCUT2D eigenvalue weighted by Crippen LogP contribution is -1.90. The monoisotopic (exact) mass is 397 g/mol. The first-order valence-corrected chi connectivity index (χ1v) is 8.36. The summed E-state index contributed by atoms with van der Waals surface area (Å²) in [4.78, 5) is 0. The van der Waals surface area contributed by atoms with E-state index in [4.69, 9.17) is 0 Å². The van der Waals surface area contributed by atoms with Gasteiger partial charge in [-0.1, -0.05) is 54.6 Å². The minimum Gasteiger partial charge on any atom is -0.0622 e. The Kier molecular flexibility index (Phi) is 3.24. The molecule has 1 aliphatic carbocycles. The normalized spacial score (nSPS) is 12.1. The number of rotatable bonds is 1. The highest BCUT2D eigenvalue weighted by Crippen LogP contribution is 2.48. The first-order chi connectivity index (χ1) is 10.3. The number of hydrogen-bond donors (Lipinski definition) is 0. The third kappa shape index (κ3) is 2.09. The summed E-state index contributed by atoms with van der Waals surface area (Å²) in [5, 5.41) is 0. The molecule has 21 heavy (non-hydrogen) atoms. The largest absolute Gasteiger partial charge is 0.0622 e. The molecule has 1 radical (unpaired) electrons. The van der Waals surface area contributed by atoms with Gasteiger partial charge in [0.15, 0.2) is 0 Å². The van der Waals surface area contributed by atoms with Crippen LogP contribution in [-0.2, 0) is 0 Å². The van der Waals surface area contributed by atoms with Crippen LogP contribution in [0.15, 0.2) is 69.6 Å². The number of hydrogen-bond acceptors (Lipinski definition) is 0. The minimum absolute atomic E-state index is 1.09. The Labute approximate surface area is 141 Å². The van der Waals surface area contributed by atoms with Crippen LogP contribution in [0.3, 0.4) is 0 Å². The van der Waals surface area contributed by atoms with Crippen molar-refractivity contribution < 1.29 is 0 Å². The molecule has 0 atom stereocenters. The smallest absolute Gasteiger partial charge is 0.0399 e. The third-order valence-electron chi connectivity index (χ3n) is 3.87. The molecule has 101 valence electrons. The third-order valence-corrected chi connectivity index (χ3v) is 5.85. The van der Waals surface area contributed by atoms with Crippen molar-refractivity contribution in [1.29, 1.82) is 0 Å². The molecule has 0 saturated heterocycles. The quantitative estimate of drug-likeness (QED) is 0.345. The van der Waals surface area contributed by atoms with Crippen LogP contribution in [0.2, 0.25) is 0 Å². The molecule has 0 bridgehead atoms. The molecule has 0 spiro atoms. The van der Waals surface area contributed by atoms with E-state index in [0.717, 1.165) is 8.95 Å². The Morgan fingerprint density at radius 3 is 2.24 bits per heavy atom. The fourth-order valence-electron chi connectivity index (χ4n) is 2.92. The van der Waals surface area contributed by atoms with E-state index in [2.05, 4.69) is 92.9 Å². The standard InChI is InChI=1S/C19H11Br2/c20-17-11-15-14-9-5-4-8-13(14)10-16(15)18(19(17)21)12-6-2-1-3-7-12/h1-11H. The van der Waals surface area contributed by atoms with E-state index >= 15 is 0 Å². The van der Waals surface area contributed by atoms with Gasteiger partial charge >= 0.3 is 0 Å². The molecule has 3 aromatic carbocycles. The molecule has 3 aromatic rings. The molecule has 0 saturated carbocycles. The zero-order valence-electron chi connectivity index (χ0n) is 11.1. The van der Waals surface area contributed by atoms with Gasteiger partial charge in [0.25, 0.3) is 0 Å². The summed E-state index contributed by atoms with van der Waals surface area (Å²) in [5.41, 5.74) is 7.65. The lowest BCUT2D eigenvalue weighted by Gasteiger charge is -2.13. The highest BCUT2D eigenvalue weighted by molar-refractivity contribution is 9.13. The van der Waals surface area contributed by atoms with E-state index < -0.39 is 0 Å². The molecule has 0 N–H and O–H groups in total. The van der Waals surface area contributed by atoms with Gasteiger partial charge in [-0.3, -0.25) is 0 Å². The molecule has 4 rings (SSSR count). The van der Waals surface area contributed by atoms with Crippen LogP contribution in [-0.4, -0.2) is 0 Å². The predicted octanol–water partition coefficient (Wildman–Crippen LogP) is 6.46. The maximum atomic E-state index is 3.75. The van der Waals surface area contributed by atoms with Gasteiger partial charge in [-0.15, -0.1) is 0 Å². The Morgan fingerprint density at radius 2 is 1.43 bits per heavy atom. The highest BCUT2D eigenvalue weighted by Gasteiger charge is 2.24. The average Bonchev–Trinajstić information content (AvgIpc) is 2.87. The van der Waals surface area contributed by atoms with Crippen molar-refractivity contribution in [3.8, 4) is 22.3 Å². The van der Waals surface area contributed by atoms with Gasteiger partial charge in [-0.25, -0.2) is 0 Å². The summed E-state index contributed by atoms with van der Waals surface area (Å²) in [6.45, 7) is 0. The molecule has 0 aliphatic heterocycles. The van der Waals surface area contributed by atoms with Gasteiger partial charge in [0.05, 0.1) is 0 Å². The number of fused-ring (bicyclic) bond motifs is 3. The molecular formula is C19H11Br2. The second-order valence-corrected chi connectivity index (χ2v) is 6.75. The highest BCUT2D eigenvalue weighted by atomic mass is 79.9. The van der Waals surface area contributed by atoms with Crippen molar-refractivity contribution in [2.45, 2.75) is 0 Å². The van der Waals surface area contributed by atoms with Crippen LogP contribution in [0.5, 0.6) is 0 Å². The fraction of sp³-hybridized carbons (Fsp3) is 0. The predicted molar refractivity (Wildman–Crippen MR) is 95.2 cm³/mol. The van der Waals surface area contributed by atoms with Gasteiger partial charge in [-0.05, 0) is 65.7 Å². The van der Waals surface area contributed by atoms with E-state index in [9.17, 15) is 0 Å². The number of benzene rings is 3. The van der Waals surface area contributed by atoms with Crippen molar-refractivity contribution in [3.63, 3.8) is 0 Å². The van der Waals surface area contributed by atoms with E-state index in [1.807, 2.05) is 6.07 Å². The van der Waals surface area contributed by atoms with Crippen molar-refractivity contribution >= 4 is 31.9 Å². The van der Waals surface area contributed by atoms with Crippen LogP contribution in [0.25, 0.3) is 22.3 Å². The maximum Gasteiger partial charge on any atom is 0.0399 e. The molecule has 0 fully saturated rings. The summed E-state index contributed by atoms with van der Waals surface area (Å²) in [5.74, 6) is 0. The molecule has 0 aromatic heterocycles. The molecular weight excluding hydrogens is 388 g/mol. The molecule has 0 amide bonds. The van der Waals surface area contributed by atoms with Crippen LogP contribution in [0, 0.1) is 6.42 Å². The van der Waals surface area contributed by atoms with E-state index in [-0.39, 0.29) is 0 Å². The summed E-state index contributed by atoms with van der Waals surface area (Å²) < 4.78 is 2.20. The van der Waals surface area contributed by atoms with Crippen LogP contribution in [0.4, 0.5) is 0 Å². The van der Waals surface area contributed by atoms with Crippen molar-refractivity contribution in [2.24, 2.45) is 0 Å². The summed E-state index contributed by atoms with van der Waals surface area (Å²) in [6, 6.07) is 21.3. The Balaban J connectivity index is 2.04. The van der Waals surface area contributed by atoms with Gasteiger partial charge in [0.2, 0.25) is 0 Å². The van der Waals surface area contributed by atoms with Crippen LogP contribution >= 0.6 is 31.9 Å². The Bertz CT molecular complexity index is 836. The topological polar surface area (TPSA) is 0 Å². The van der Waals surface area contributed by atoms with Gasteiger partial charge in [0, 0.05) is 20.9 Å². The SMILES string of the molecule is Brc1cc2c(c(-c3ccccc3)c1Br)[CH]c1ccccc1-2. The zero-order chi connectivity index (χ0) is 14.4. The first-order valence-electron chi connectivity index (χ1n) is 6.77. The van der Waals surface area contributed by atoms with Crippen LogP contribution < -0.4 is 0 Å². The Morgan fingerprint density at radius 1 is 0.714 bits per heavy atom. The zero-order valence-corrected chi connectivity index (χ0v) is 14.3.